The minimum Gasteiger partial charge on any atom is -0.497 e. The van der Waals surface area contributed by atoms with Crippen LogP contribution in [0, 0.1) is 0 Å². The van der Waals surface area contributed by atoms with Gasteiger partial charge < -0.3 is 19.7 Å². The number of methoxy groups -OCH3 is 1. The molecule has 0 saturated carbocycles. The van der Waals surface area contributed by atoms with Gasteiger partial charge in [-0.25, -0.2) is 8.42 Å². The van der Waals surface area contributed by atoms with Gasteiger partial charge in [0.2, 0.25) is 5.91 Å². The Kier molecular flexibility index (Phi) is 7.89. The summed E-state index contributed by atoms with van der Waals surface area (Å²) < 4.78 is 38.5. The molecule has 1 saturated heterocycles. The van der Waals surface area contributed by atoms with Crippen LogP contribution < -0.4 is 19.3 Å². The van der Waals surface area contributed by atoms with E-state index in [4.69, 9.17) is 9.47 Å². The average Bonchev–Trinajstić information content (AvgIpc) is 2.91. The van der Waals surface area contributed by atoms with E-state index in [0.717, 1.165) is 41.9 Å². The van der Waals surface area contributed by atoms with Crippen molar-refractivity contribution in [2.45, 2.75) is 11.4 Å². The summed E-state index contributed by atoms with van der Waals surface area (Å²) in [5, 5.41) is 2.84. The number of carbonyl (C=O) groups is 1. The van der Waals surface area contributed by atoms with E-state index in [2.05, 4.69) is 10.2 Å². The van der Waals surface area contributed by atoms with Crippen molar-refractivity contribution in [2.75, 3.05) is 49.2 Å². The first-order valence-corrected chi connectivity index (χ1v) is 12.8. The first kappa shape index (κ1) is 24.6. The van der Waals surface area contributed by atoms with Gasteiger partial charge in [-0.3, -0.25) is 9.10 Å². The largest absolute Gasteiger partial charge is 0.497 e. The summed E-state index contributed by atoms with van der Waals surface area (Å²) in [5.74, 6) is 0.149. The van der Waals surface area contributed by atoms with Gasteiger partial charge >= 0.3 is 0 Å². The van der Waals surface area contributed by atoms with E-state index in [1.165, 1.54) is 19.2 Å². The Balaban J connectivity index is 1.44. The molecule has 0 unspecified atom stereocenters. The fourth-order valence-electron chi connectivity index (χ4n) is 3.82. The second-order valence-corrected chi connectivity index (χ2v) is 9.93. The predicted octanol–water partition coefficient (Wildman–Crippen LogP) is 3.04. The summed E-state index contributed by atoms with van der Waals surface area (Å²) in [6, 6.07) is 22.7. The number of hydrogen-bond acceptors (Lipinski definition) is 6. The first-order chi connectivity index (χ1) is 17.0. The van der Waals surface area contributed by atoms with Crippen molar-refractivity contribution in [1.29, 1.82) is 0 Å². The van der Waals surface area contributed by atoms with E-state index in [0.29, 0.717) is 18.0 Å². The first-order valence-electron chi connectivity index (χ1n) is 11.4. The van der Waals surface area contributed by atoms with Crippen LogP contribution in [-0.4, -0.2) is 54.3 Å². The van der Waals surface area contributed by atoms with Gasteiger partial charge in [0.15, 0.2) is 0 Å². The average molecular weight is 496 g/mol. The molecule has 1 aliphatic heterocycles. The SMILES string of the molecule is COc1ccc(S(=O)(=O)N(CC(=O)NCc2ccc(N3CCOCC3)cc2)c2ccccc2)cc1. The molecule has 0 radical (unpaired) electrons. The van der Waals surface area contributed by atoms with Crippen LogP contribution in [0.4, 0.5) is 11.4 Å². The molecular formula is C26H29N3O5S. The summed E-state index contributed by atoms with van der Waals surface area (Å²) >= 11 is 0. The molecule has 1 N–H and O–H groups in total. The van der Waals surface area contributed by atoms with Gasteiger partial charge in [0, 0.05) is 25.3 Å². The normalized spacial score (nSPS) is 13.8. The van der Waals surface area contributed by atoms with Gasteiger partial charge in [0.1, 0.15) is 12.3 Å². The highest BCUT2D eigenvalue weighted by Crippen LogP contribution is 2.25. The molecule has 1 aliphatic rings. The zero-order valence-electron chi connectivity index (χ0n) is 19.6. The molecular weight excluding hydrogens is 466 g/mol. The lowest BCUT2D eigenvalue weighted by atomic mass is 10.2. The van der Waals surface area contributed by atoms with Crippen molar-refractivity contribution in [2.24, 2.45) is 0 Å². The predicted molar refractivity (Wildman–Crippen MR) is 135 cm³/mol. The molecule has 0 aromatic heterocycles. The number of nitrogens with one attached hydrogen (secondary N) is 1. The quantitative estimate of drug-likeness (QED) is 0.491. The molecule has 0 bridgehead atoms. The lowest BCUT2D eigenvalue weighted by molar-refractivity contribution is -0.119. The number of sulfonamides is 1. The summed E-state index contributed by atoms with van der Waals surface area (Å²) in [6.07, 6.45) is 0. The number of rotatable bonds is 9. The van der Waals surface area contributed by atoms with Crippen LogP contribution in [0.2, 0.25) is 0 Å². The van der Waals surface area contributed by atoms with E-state index < -0.39 is 15.9 Å². The lowest BCUT2D eigenvalue weighted by Crippen LogP contribution is -2.40. The molecule has 1 heterocycles. The number of morpholine rings is 1. The maximum Gasteiger partial charge on any atom is 0.264 e. The highest BCUT2D eigenvalue weighted by molar-refractivity contribution is 7.92. The van der Waals surface area contributed by atoms with Crippen molar-refractivity contribution in [3.05, 3.63) is 84.4 Å². The van der Waals surface area contributed by atoms with E-state index in [1.54, 1.807) is 42.5 Å². The second-order valence-electron chi connectivity index (χ2n) is 8.07. The van der Waals surface area contributed by atoms with Crippen LogP contribution in [0.25, 0.3) is 0 Å². The van der Waals surface area contributed by atoms with Gasteiger partial charge in [-0.2, -0.15) is 0 Å². The molecule has 184 valence electrons. The minimum atomic E-state index is -3.97. The van der Waals surface area contributed by atoms with Crippen molar-refractivity contribution in [1.82, 2.24) is 5.32 Å². The third-order valence-corrected chi connectivity index (χ3v) is 7.57. The van der Waals surface area contributed by atoms with Crippen LogP contribution in [0.3, 0.4) is 0 Å². The summed E-state index contributed by atoms with van der Waals surface area (Å²) in [5.41, 5.74) is 2.46. The van der Waals surface area contributed by atoms with Gasteiger partial charge in [-0.15, -0.1) is 0 Å². The van der Waals surface area contributed by atoms with Crippen molar-refractivity contribution >= 4 is 27.3 Å². The van der Waals surface area contributed by atoms with Crippen LogP contribution in [0.1, 0.15) is 5.56 Å². The Morgan fingerprint density at radius 3 is 2.26 bits per heavy atom. The number of hydrogen-bond donors (Lipinski definition) is 1. The molecule has 0 spiro atoms. The van der Waals surface area contributed by atoms with Crippen molar-refractivity contribution < 1.29 is 22.7 Å². The smallest absolute Gasteiger partial charge is 0.264 e. The Labute approximate surface area is 206 Å². The number of anilines is 2. The number of para-hydroxylation sites is 1. The molecule has 3 aromatic carbocycles. The number of ether oxygens (including phenoxy) is 2. The van der Waals surface area contributed by atoms with E-state index in [9.17, 15) is 13.2 Å². The maximum absolute atomic E-state index is 13.4. The standard InChI is InChI=1S/C26H29N3O5S/c1-33-24-11-13-25(14-12-24)35(31,32)29(23-5-3-2-4-6-23)20-26(30)27-19-21-7-9-22(10-8-21)28-15-17-34-18-16-28/h2-14H,15-20H2,1H3,(H,27,30). The van der Waals surface area contributed by atoms with Gasteiger partial charge in [0.05, 0.1) is 30.9 Å². The maximum atomic E-state index is 13.4. The Morgan fingerprint density at radius 1 is 0.971 bits per heavy atom. The third kappa shape index (κ3) is 6.12. The number of nitrogens with zero attached hydrogens (tertiary/aromatic N) is 2. The van der Waals surface area contributed by atoms with E-state index in [1.807, 2.05) is 24.3 Å². The fraction of sp³-hybridized carbons (Fsp3) is 0.269. The van der Waals surface area contributed by atoms with Crippen LogP contribution in [0.5, 0.6) is 5.75 Å². The number of benzene rings is 3. The highest BCUT2D eigenvalue weighted by atomic mass is 32.2. The Hall–Kier alpha value is -3.56. The molecule has 9 heteroatoms. The van der Waals surface area contributed by atoms with Crippen molar-refractivity contribution in [3.8, 4) is 5.75 Å². The molecule has 1 amide bonds. The van der Waals surface area contributed by atoms with Gasteiger partial charge in [-0.1, -0.05) is 30.3 Å². The number of carbonyl (C=O) groups excluding carboxylic acids is 1. The Morgan fingerprint density at radius 2 is 1.63 bits per heavy atom. The van der Waals surface area contributed by atoms with Gasteiger partial charge in [0.25, 0.3) is 10.0 Å². The molecule has 4 rings (SSSR count). The van der Waals surface area contributed by atoms with Crippen LogP contribution in [-0.2, 0) is 26.1 Å². The topological polar surface area (TPSA) is 88.2 Å². The van der Waals surface area contributed by atoms with Crippen molar-refractivity contribution in [3.63, 3.8) is 0 Å². The molecule has 8 nitrogen and oxygen atoms in total. The summed E-state index contributed by atoms with van der Waals surface area (Å²) in [7, 11) is -2.46. The fourth-order valence-corrected chi connectivity index (χ4v) is 5.24. The lowest BCUT2D eigenvalue weighted by Gasteiger charge is -2.29. The second kappa shape index (κ2) is 11.2. The summed E-state index contributed by atoms with van der Waals surface area (Å²) in [4.78, 5) is 15.2. The third-order valence-electron chi connectivity index (χ3n) is 5.78. The number of amides is 1. The summed E-state index contributed by atoms with van der Waals surface area (Å²) in [6.45, 7) is 3.10. The van der Waals surface area contributed by atoms with Gasteiger partial charge in [-0.05, 0) is 54.1 Å². The molecule has 0 aliphatic carbocycles. The molecule has 3 aromatic rings. The highest BCUT2D eigenvalue weighted by Gasteiger charge is 2.27. The van der Waals surface area contributed by atoms with E-state index >= 15 is 0 Å². The zero-order valence-corrected chi connectivity index (χ0v) is 20.4. The Bertz CT molecular complexity index is 1210. The molecule has 0 atom stereocenters. The van der Waals surface area contributed by atoms with Crippen LogP contribution in [0.15, 0.2) is 83.8 Å². The van der Waals surface area contributed by atoms with Crippen LogP contribution >= 0.6 is 0 Å². The minimum absolute atomic E-state index is 0.0775. The monoisotopic (exact) mass is 495 g/mol. The zero-order chi connectivity index (χ0) is 24.7. The molecule has 35 heavy (non-hydrogen) atoms. The molecule has 1 fully saturated rings. The van der Waals surface area contributed by atoms with E-state index in [-0.39, 0.29) is 11.4 Å².